The smallest absolute Gasteiger partial charge is 0.260 e. The van der Waals surface area contributed by atoms with Crippen molar-refractivity contribution in [1.29, 1.82) is 0 Å². The third kappa shape index (κ3) is 5.40. The molecule has 0 radical (unpaired) electrons. The van der Waals surface area contributed by atoms with Crippen molar-refractivity contribution in [2.45, 2.75) is 66.7 Å². The number of rotatable bonds is 4. The summed E-state index contributed by atoms with van der Waals surface area (Å²) in [4.78, 5) is 10.3. The third-order valence-electron chi connectivity index (χ3n) is 12.5. The Hall–Kier alpha value is -6.60. The molecule has 5 heterocycles. The number of fused-ring (bicyclic) bond motifs is 8. The molecular weight excluding hydrogens is 723 g/mol. The summed E-state index contributed by atoms with van der Waals surface area (Å²) in [6.07, 6.45) is 1.94. The van der Waals surface area contributed by atoms with Crippen molar-refractivity contribution in [3.63, 3.8) is 0 Å². The second-order valence-electron chi connectivity index (χ2n) is 17.9. The average Bonchev–Trinajstić information content (AvgIpc) is 3.74. The highest BCUT2D eigenvalue weighted by Gasteiger charge is 2.41. The number of imidazole rings is 1. The lowest BCUT2D eigenvalue weighted by atomic mass is 9.34. The van der Waals surface area contributed by atoms with E-state index in [1.165, 1.54) is 27.8 Å². The standard InChI is InChI=1S/C52H45BN4O2/c1-29(2)34-24-46-49-47(25-34)59-45-27-37-36-13-9-11-15-41(36)56(48-26-35(19-20-54-48)52(6,7)8)43(37)28-39(45)53(49)38-23-33(17-18-44(38)58-46)51-55-40-14-10-12-16-42(40)57(51)50-31(4)21-30(3)22-32(50)5/h9-29H,1-8H3. The summed E-state index contributed by atoms with van der Waals surface area (Å²) in [5, 5.41) is 2.29. The van der Waals surface area contributed by atoms with Crippen molar-refractivity contribution < 1.29 is 9.47 Å². The van der Waals surface area contributed by atoms with Crippen molar-refractivity contribution in [1.82, 2.24) is 19.1 Å². The molecule has 0 unspecified atom stereocenters. The minimum Gasteiger partial charge on any atom is -0.458 e. The van der Waals surface area contributed by atoms with Crippen LogP contribution >= 0.6 is 0 Å². The van der Waals surface area contributed by atoms with Crippen LogP contribution in [-0.4, -0.2) is 25.8 Å². The molecule has 7 heteroatoms. The molecule has 0 spiro atoms. The van der Waals surface area contributed by atoms with E-state index in [1.807, 2.05) is 6.20 Å². The molecule has 9 aromatic rings. The quantitative estimate of drug-likeness (QED) is 0.167. The van der Waals surface area contributed by atoms with Crippen LogP contribution in [0.15, 0.2) is 121 Å². The van der Waals surface area contributed by atoms with Crippen LogP contribution in [0, 0.1) is 20.8 Å². The van der Waals surface area contributed by atoms with Crippen LogP contribution in [0.1, 0.15) is 68.4 Å². The van der Waals surface area contributed by atoms with Gasteiger partial charge in [-0.05, 0) is 132 Å². The number of aromatic nitrogens is 4. The number of nitrogens with zero attached hydrogens (tertiary/aromatic N) is 4. The molecule has 0 saturated heterocycles. The van der Waals surface area contributed by atoms with E-state index >= 15 is 0 Å². The molecule has 0 N–H and O–H groups in total. The van der Waals surface area contributed by atoms with Crippen molar-refractivity contribution in [3.8, 4) is 45.9 Å². The Labute approximate surface area is 345 Å². The van der Waals surface area contributed by atoms with E-state index in [2.05, 4.69) is 180 Å². The molecule has 288 valence electrons. The largest absolute Gasteiger partial charge is 0.458 e. The number of hydrogen-bond donors (Lipinski definition) is 0. The number of ether oxygens (including phenoxy) is 2. The van der Waals surface area contributed by atoms with Crippen molar-refractivity contribution >= 4 is 55.9 Å². The summed E-state index contributed by atoms with van der Waals surface area (Å²) >= 11 is 0. The number of benzene rings is 6. The first-order valence-electron chi connectivity index (χ1n) is 20.7. The lowest BCUT2D eigenvalue weighted by Gasteiger charge is -2.34. The predicted molar refractivity (Wildman–Crippen MR) is 243 cm³/mol. The Morgan fingerprint density at radius 3 is 2.07 bits per heavy atom. The number of para-hydroxylation sites is 3. The normalized spacial score (nSPS) is 13.1. The van der Waals surface area contributed by atoms with Gasteiger partial charge in [-0.15, -0.1) is 0 Å². The summed E-state index contributed by atoms with van der Waals surface area (Å²) in [5.41, 5.74) is 15.7. The van der Waals surface area contributed by atoms with Crippen molar-refractivity contribution in [2.75, 3.05) is 0 Å². The van der Waals surface area contributed by atoms with Crippen LogP contribution in [0.4, 0.5) is 0 Å². The van der Waals surface area contributed by atoms with Gasteiger partial charge >= 0.3 is 0 Å². The fraction of sp³-hybridized carbons (Fsp3) is 0.192. The summed E-state index contributed by atoms with van der Waals surface area (Å²) in [5.74, 6) is 5.50. The molecule has 0 aliphatic carbocycles. The molecule has 3 aromatic heterocycles. The van der Waals surface area contributed by atoms with E-state index in [-0.39, 0.29) is 12.1 Å². The van der Waals surface area contributed by atoms with Gasteiger partial charge in [-0.2, -0.15) is 0 Å². The fourth-order valence-corrected chi connectivity index (χ4v) is 9.68. The molecule has 0 atom stereocenters. The zero-order valence-corrected chi connectivity index (χ0v) is 34.8. The second-order valence-corrected chi connectivity index (χ2v) is 17.9. The number of hydrogen-bond acceptors (Lipinski definition) is 4. The van der Waals surface area contributed by atoms with Crippen LogP contribution in [0.2, 0.25) is 0 Å². The molecule has 2 aliphatic rings. The molecule has 0 saturated carbocycles. The fourth-order valence-electron chi connectivity index (χ4n) is 9.68. The monoisotopic (exact) mass is 768 g/mol. The molecule has 11 rings (SSSR count). The minimum absolute atomic E-state index is 0.0284. The molecular formula is C52H45BN4O2. The predicted octanol–water partition coefficient (Wildman–Crippen LogP) is 11.3. The van der Waals surface area contributed by atoms with Gasteiger partial charge < -0.3 is 9.47 Å². The summed E-state index contributed by atoms with van der Waals surface area (Å²) in [6.45, 7) is 17.6. The lowest BCUT2D eigenvalue weighted by molar-refractivity contribution is 0.463. The topological polar surface area (TPSA) is 54.1 Å². The Bertz CT molecular complexity index is 3210. The van der Waals surface area contributed by atoms with Crippen LogP contribution in [0.25, 0.3) is 55.7 Å². The van der Waals surface area contributed by atoms with Crippen molar-refractivity contribution in [3.05, 3.63) is 149 Å². The van der Waals surface area contributed by atoms with E-state index < -0.39 is 0 Å². The molecule has 6 aromatic carbocycles. The van der Waals surface area contributed by atoms with Crippen LogP contribution in [0.5, 0.6) is 23.0 Å². The SMILES string of the molecule is Cc1cc(C)c(-n2c(-c3ccc4c(c3)B3c5cc6c(cc5Oc5cc(C(C)C)cc(c53)O4)c3ccccc3n6-c3cc(C(C)(C)C)ccn3)nc3ccccc32)c(C)c1. The molecule has 6 nitrogen and oxygen atoms in total. The highest BCUT2D eigenvalue weighted by Crippen LogP contribution is 2.42. The average molecular weight is 769 g/mol. The van der Waals surface area contributed by atoms with E-state index in [1.54, 1.807) is 0 Å². The van der Waals surface area contributed by atoms with E-state index in [0.29, 0.717) is 5.92 Å². The maximum Gasteiger partial charge on any atom is 0.260 e. The van der Waals surface area contributed by atoms with E-state index in [4.69, 9.17) is 19.4 Å². The van der Waals surface area contributed by atoms with Gasteiger partial charge in [0.05, 0.1) is 27.8 Å². The maximum atomic E-state index is 7.01. The second kappa shape index (κ2) is 12.7. The van der Waals surface area contributed by atoms with Gasteiger partial charge in [0.1, 0.15) is 34.6 Å². The molecule has 2 aliphatic heterocycles. The first-order valence-corrected chi connectivity index (χ1v) is 20.7. The number of aryl methyl sites for hydroxylation is 3. The summed E-state index contributed by atoms with van der Waals surface area (Å²) in [6, 6.07) is 41.6. The zero-order chi connectivity index (χ0) is 40.5. The van der Waals surface area contributed by atoms with Gasteiger partial charge in [0.15, 0.2) is 0 Å². The first kappa shape index (κ1) is 35.6. The molecule has 0 bridgehead atoms. The number of pyridine rings is 1. The van der Waals surface area contributed by atoms with Crippen LogP contribution < -0.4 is 25.9 Å². The van der Waals surface area contributed by atoms with Gasteiger partial charge in [0, 0.05) is 28.0 Å². The maximum absolute atomic E-state index is 7.01. The summed E-state index contributed by atoms with van der Waals surface area (Å²) in [7, 11) is 0. The minimum atomic E-state index is -0.154. The highest BCUT2D eigenvalue weighted by atomic mass is 16.5. The zero-order valence-electron chi connectivity index (χ0n) is 34.8. The van der Waals surface area contributed by atoms with Gasteiger partial charge in [0.25, 0.3) is 6.71 Å². The first-order chi connectivity index (χ1) is 28.4. The summed E-state index contributed by atoms with van der Waals surface area (Å²) < 4.78 is 18.6. The van der Waals surface area contributed by atoms with Gasteiger partial charge in [0.2, 0.25) is 0 Å². The Kier molecular flexibility index (Phi) is 7.65. The van der Waals surface area contributed by atoms with Gasteiger partial charge in [-0.1, -0.05) is 88.7 Å². The Morgan fingerprint density at radius 1 is 0.627 bits per heavy atom. The molecule has 0 fully saturated rings. The van der Waals surface area contributed by atoms with E-state index in [0.717, 1.165) is 95.1 Å². The highest BCUT2D eigenvalue weighted by molar-refractivity contribution is 6.98. The lowest BCUT2D eigenvalue weighted by Crippen LogP contribution is -2.57. The molecule has 59 heavy (non-hydrogen) atoms. The van der Waals surface area contributed by atoms with Crippen LogP contribution in [0.3, 0.4) is 0 Å². The van der Waals surface area contributed by atoms with Crippen molar-refractivity contribution in [2.24, 2.45) is 0 Å². The van der Waals surface area contributed by atoms with Gasteiger partial charge in [-0.25, -0.2) is 9.97 Å². The van der Waals surface area contributed by atoms with Gasteiger partial charge in [-0.3, -0.25) is 9.13 Å². The Morgan fingerprint density at radius 2 is 1.32 bits per heavy atom. The Balaban J connectivity index is 1.18. The van der Waals surface area contributed by atoms with Crippen LogP contribution in [-0.2, 0) is 5.41 Å². The van der Waals surface area contributed by atoms with E-state index in [9.17, 15) is 0 Å². The molecule has 0 amide bonds. The third-order valence-corrected chi connectivity index (χ3v) is 12.5.